The van der Waals surface area contributed by atoms with E-state index in [0.29, 0.717) is 0 Å². The standard InChI is InChI=1S/C13H11NO3/c1-8-11(15)17-7-13(8)9-5-3-4-6-10(9)14(2)12(13)16/h3-6H,1,7H2,2H3/t13-/m0/s1. The number of rotatable bonds is 0. The van der Waals surface area contributed by atoms with Gasteiger partial charge < -0.3 is 9.64 Å². The quantitative estimate of drug-likeness (QED) is 0.493. The molecule has 1 atom stereocenters. The number of fused-ring (bicyclic) bond motifs is 2. The molecule has 1 aromatic carbocycles. The first kappa shape index (κ1) is 10.1. The number of hydrogen-bond donors (Lipinski definition) is 0. The van der Waals surface area contributed by atoms with Crippen LogP contribution in [0.1, 0.15) is 5.56 Å². The van der Waals surface area contributed by atoms with Crippen LogP contribution in [0.15, 0.2) is 36.4 Å². The summed E-state index contributed by atoms with van der Waals surface area (Å²) in [4.78, 5) is 25.4. The maximum Gasteiger partial charge on any atom is 0.335 e. The summed E-state index contributed by atoms with van der Waals surface area (Å²) in [6.07, 6.45) is 0. The Labute approximate surface area is 98.5 Å². The molecule has 0 aliphatic carbocycles. The summed E-state index contributed by atoms with van der Waals surface area (Å²) in [5.74, 6) is -0.627. The van der Waals surface area contributed by atoms with Gasteiger partial charge in [-0.2, -0.15) is 0 Å². The SMILES string of the molecule is C=C1C(=O)OC[C@]12C(=O)N(C)c1ccccc12. The number of anilines is 1. The molecule has 1 amide bonds. The van der Waals surface area contributed by atoms with Crippen molar-refractivity contribution < 1.29 is 14.3 Å². The smallest absolute Gasteiger partial charge is 0.335 e. The fourth-order valence-electron chi connectivity index (χ4n) is 2.59. The highest BCUT2D eigenvalue weighted by molar-refractivity contribution is 6.16. The van der Waals surface area contributed by atoms with E-state index in [1.54, 1.807) is 11.9 Å². The van der Waals surface area contributed by atoms with Crippen LogP contribution in [0.4, 0.5) is 5.69 Å². The lowest BCUT2D eigenvalue weighted by Crippen LogP contribution is -2.40. The Morgan fingerprint density at radius 1 is 1.35 bits per heavy atom. The minimum absolute atomic E-state index is 0.0604. The normalized spacial score (nSPS) is 26.6. The number of likely N-dealkylation sites (N-methyl/N-ethyl adjacent to an activating group) is 1. The lowest BCUT2D eigenvalue weighted by molar-refractivity contribution is -0.135. The fourth-order valence-corrected chi connectivity index (χ4v) is 2.59. The van der Waals surface area contributed by atoms with Crippen molar-refractivity contribution in [3.8, 4) is 0 Å². The summed E-state index contributed by atoms with van der Waals surface area (Å²) in [6.45, 7) is 3.79. The minimum Gasteiger partial charge on any atom is -0.460 e. The molecule has 86 valence electrons. The number of carbonyl (C=O) groups excluding carboxylic acids is 2. The highest BCUT2D eigenvalue weighted by Gasteiger charge is 2.58. The van der Waals surface area contributed by atoms with Crippen LogP contribution >= 0.6 is 0 Å². The molecular weight excluding hydrogens is 218 g/mol. The van der Waals surface area contributed by atoms with Crippen LogP contribution < -0.4 is 4.90 Å². The van der Waals surface area contributed by atoms with Crippen molar-refractivity contribution in [3.05, 3.63) is 42.0 Å². The maximum atomic E-state index is 12.4. The molecule has 0 aromatic heterocycles. The van der Waals surface area contributed by atoms with Gasteiger partial charge in [-0.1, -0.05) is 24.8 Å². The molecule has 3 rings (SSSR count). The molecule has 17 heavy (non-hydrogen) atoms. The molecule has 2 aliphatic heterocycles. The van der Waals surface area contributed by atoms with E-state index in [9.17, 15) is 9.59 Å². The van der Waals surface area contributed by atoms with Gasteiger partial charge in [0.1, 0.15) is 12.0 Å². The van der Waals surface area contributed by atoms with Crippen molar-refractivity contribution in [1.29, 1.82) is 0 Å². The van der Waals surface area contributed by atoms with Crippen LogP contribution in [-0.4, -0.2) is 25.5 Å². The summed E-state index contributed by atoms with van der Waals surface area (Å²) in [6, 6.07) is 7.42. The Kier molecular flexibility index (Phi) is 1.76. The zero-order chi connectivity index (χ0) is 12.2. The van der Waals surface area contributed by atoms with Crippen LogP contribution in [0, 0.1) is 0 Å². The predicted octanol–water partition coefficient (Wildman–Crippen LogP) is 1.01. The number of esters is 1. The summed E-state index contributed by atoms with van der Waals surface area (Å²) >= 11 is 0. The molecule has 0 radical (unpaired) electrons. The van der Waals surface area contributed by atoms with Crippen molar-refractivity contribution in [2.45, 2.75) is 5.41 Å². The molecule has 4 heteroatoms. The predicted molar refractivity (Wildman–Crippen MR) is 61.6 cm³/mol. The summed E-state index contributed by atoms with van der Waals surface area (Å²) < 4.78 is 4.99. The first-order valence-corrected chi connectivity index (χ1v) is 5.33. The Bertz CT molecular complexity index is 564. The van der Waals surface area contributed by atoms with E-state index < -0.39 is 11.4 Å². The molecule has 0 bridgehead atoms. The topological polar surface area (TPSA) is 46.6 Å². The van der Waals surface area contributed by atoms with Crippen molar-refractivity contribution in [1.82, 2.24) is 0 Å². The summed E-state index contributed by atoms with van der Waals surface area (Å²) in [5.41, 5.74) is 0.863. The van der Waals surface area contributed by atoms with Crippen molar-refractivity contribution >= 4 is 17.6 Å². The number of benzene rings is 1. The Morgan fingerprint density at radius 2 is 2.06 bits per heavy atom. The molecule has 1 fully saturated rings. The zero-order valence-electron chi connectivity index (χ0n) is 9.40. The first-order valence-electron chi connectivity index (χ1n) is 5.33. The van der Waals surface area contributed by atoms with Crippen molar-refractivity contribution in [2.75, 3.05) is 18.6 Å². The number of amides is 1. The van der Waals surface area contributed by atoms with E-state index in [4.69, 9.17) is 4.74 Å². The average molecular weight is 229 g/mol. The number of cyclic esters (lactones) is 1. The van der Waals surface area contributed by atoms with Gasteiger partial charge in [-0.05, 0) is 11.6 Å². The largest absolute Gasteiger partial charge is 0.460 e. The van der Waals surface area contributed by atoms with Gasteiger partial charge in [0.25, 0.3) is 0 Å². The second-order valence-electron chi connectivity index (χ2n) is 4.34. The van der Waals surface area contributed by atoms with Gasteiger partial charge in [0.2, 0.25) is 5.91 Å². The van der Waals surface area contributed by atoms with Gasteiger partial charge >= 0.3 is 5.97 Å². The van der Waals surface area contributed by atoms with Gasteiger partial charge in [0.15, 0.2) is 0 Å². The molecule has 0 N–H and O–H groups in total. The Hall–Kier alpha value is -2.10. The molecule has 1 spiro atoms. The third kappa shape index (κ3) is 0.976. The molecule has 0 saturated carbocycles. The van der Waals surface area contributed by atoms with Gasteiger partial charge in [-0.25, -0.2) is 4.79 Å². The van der Waals surface area contributed by atoms with Crippen molar-refractivity contribution in [3.63, 3.8) is 0 Å². The van der Waals surface area contributed by atoms with Crippen LogP contribution in [0.5, 0.6) is 0 Å². The second kappa shape index (κ2) is 2.97. The van der Waals surface area contributed by atoms with Crippen LogP contribution in [-0.2, 0) is 19.7 Å². The fraction of sp³-hybridized carbons (Fsp3) is 0.231. The Balaban J connectivity index is 2.29. The van der Waals surface area contributed by atoms with E-state index in [0.717, 1.165) is 11.3 Å². The van der Waals surface area contributed by atoms with E-state index in [2.05, 4.69) is 6.58 Å². The first-order chi connectivity index (χ1) is 8.09. The van der Waals surface area contributed by atoms with E-state index in [-0.39, 0.29) is 18.1 Å². The number of hydrogen-bond acceptors (Lipinski definition) is 3. The summed E-state index contributed by atoms with van der Waals surface area (Å²) in [5, 5.41) is 0. The maximum absolute atomic E-state index is 12.4. The van der Waals surface area contributed by atoms with Crippen LogP contribution in [0.3, 0.4) is 0 Å². The number of ether oxygens (including phenoxy) is 1. The monoisotopic (exact) mass is 229 g/mol. The Morgan fingerprint density at radius 3 is 2.71 bits per heavy atom. The zero-order valence-corrected chi connectivity index (χ0v) is 9.40. The highest BCUT2D eigenvalue weighted by atomic mass is 16.5. The van der Waals surface area contributed by atoms with Crippen LogP contribution in [0.2, 0.25) is 0 Å². The lowest BCUT2D eigenvalue weighted by Gasteiger charge is -2.19. The number of nitrogens with zero attached hydrogens (tertiary/aromatic N) is 1. The van der Waals surface area contributed by atoms with E-state index in [1.165, 1.54) is 0 Å². The molecule has 1 aromatic rings. The number of carbonyl (C=O) groups is 2. The molecule has 2 heterocycles. The molecule has 1 saturated heterocycles. The lowest BCUT2D eigenvalue weighted by atomic mass is 9.78. The summed E-state index contributed by atoms with van der Waals surface area (Å²) in [7, 11) is 1.70. The molecular formula is C13H11NO3. The van der Waals surface area contributed by atoms with Gasteiger partial charge in [-0.3, -0.25) is 4.79 Å². The third-order valence-electron chi connectivity index (χ3n) is 3.58. The van der Waals surface area contributed by atoms with E-state index >= 15 is 0 Å². The molecule has 0 unspecified atom stereocenters. The van der Waals surface area contributed by atoms with Gasteiger partial charge in [0, 0.05) is 12.7 Å². The molecule has 2 aliphatic rings. The number of para-hydroxylation sites is 1. The molecule has 4 nitrogen and oxygen atoms in total. The highest BCUT2D eigenvalue weighted by Crippen LogP contribution is 2.48. The van der Waals surface area contributed by atoms with Crippen LogP contribution in [0.25, 0.3) is 0 Å². The third-order valence-corrected chi connectivity index (χ3v) is 3.58. The minimum atomic E-state index is -0.998. The van der Waals surface area contributed by atoms with Gasteiger partial charge in [-0.15, -0.1) is 0 Å². The average Bonchev–Trinajstić information content (AvgIpc) is 2.76. The van der Waals surface area contributed by atoms with E-state index in [1.807, 2.05) is 24.3 Å². The van der Waals surface area contributed by atoms with Crippen molar-refractivity contribution in [2.24, 2.45) is 0 Å². The van der Waals surface area contributed by atoms with Gasteiger partial charge in [0.05, 0.1) is 5.57 Å². The second-order valence-corrected chi connectivity index (χ2v) is 4.34.